The van der Waals surface area contributed by atoms with Crippen molar-refractivity contribution >= 4 is 16.7 Å². The Kier molecular flexibility index (Phi) is 4.25. The van der Waals surface area contributed by atoms with Gasteiger partial charge in [-0.15, -0.1) is 10.2 Å². The lowest BCUT2D eigenvalue weighted by atomic mass is 9.99. The summed E-state index contributed by atoms with van der Waals surface area (Å²) in [4.78, 5) is 24.8. The highest BCUT2D eigenvalue weighted by atomic mass is 16.5. The van der Waals surface area contributed by atoms with Crippen molar-refractivity contribution in [2.75, 3.05) is 7.11 Å². The van der Waals surface area contributed by atoms with Crippen LogP contribution in [0, 0.1) is 5.92 Å². The Bertz CT molecular complexity index is 1080. The zero-order valence-corrected chi connectivity index (χ0v) is 15.5. The molecule has 8 heteroatoms. The lowest BCUT2D eigenvalue weighted by Crippen LogP contribution is -2.29. The fraction of sp³-hybridized carbons (Fsp3) is 0.421. The summed E-state index contributed by atoms with van der Waals surface area (Å²) in [5.41, 5.74) is 0.471. The number of esters is 1. The van der Waals surface area contributed by atoms with Crippen LogP contribution in [0.25, 0.3) is 22.3 Å². The van der Waals surface area contributed by atoms with Crippen molar-refractivity contribution < 1.29 is 9.53 Å². The van der Waals surface area contributed by atoms with Crippen molar-refractivity contribution in [3.63, 3.8) is 0 Å². The van der Waals surface area contributed by atoms with E-state index in [0.29, 0.717) is 36.3 Å². The summed E-state index contributed by atoms with van der Waals surface area (Å²) in [5, 5.41) is 14.6. The molecule has 140 valence electrons. The number of rotatable bonds is 3. The standard InChI is InChI=1S/C19H21N5O3/c1-11(2)24-18(25)14-7-5-4-6-13(14)16(22-24)17-21-20-15-9-8-12(10-23(15)17)19(26)27-3/h4-7,11-12H,8-10H2,1-3H3. The molecule has 2 aromatic heterocycles. The Labute approximate surface area is 155 Å². The summed E-state index contributed by atoms with van der Waals surface area (Å²) < 4.78 is 8.31. The van der Waals surface area contributed by atoms with Crippen LogP contribution >= 0.6 is 0 Å². The third-order valence-corrected chi connectivity index (χ3v) is 5.01. The van der Waals surface area contributed by atoms with Crippen LogP contribution in [0.15, 0.2) is 29.1 Å². The van der Waals surface area contributed by atoms with Crippen LogP contribution in [0.3, 0.4) is 0 Å². The van der Waals surface area contributed by atoms with Crippen LogP contribution in [0.2, 0.25) is 0 Å². The van der Waals surface area contributed by atoms with Crippen LogP contribution in [0.4, 0.5) is 0 Å². The molecule has 1 unspecified atom stereocenters. The molecule has 0 spiro atoms. The van der Waals surface area contributed by atoms with Crippen molar-refractivity contribution in [2.45, 2.75) is 39.3 Å². The molecule has 0 bridgehead atoms. The molecular weight excluding hydrogens is 346 g/mol. The largest absolute Gasteiger partial charge is 0.469 e. The molecule has 0 aliphatic carbocycles. The molecule has 0 amide bonds. The minimum absolute atomic E-state index is 0.0904. The number of carbonyl (C=O) groups excluding carboxylic acids is 1. The van der Waals surface area contributed by atoms with Gasteiger partial charge in [-0.3, -0.25) is 9.59 Å². The number of hydrogen-bond acceptors (Lipinski definition) is 6. The van der Waals surface area contributed by atoms with Gasteiger partial charge in [-0.2, -0.15) is 5.10 Å². The van der Waals surface area contributed by atoms with E-state index in [1.54, 1.807) is 6.07 Å². The Morgan fingerprint density at radius 1 is 1.22 bits per heavy atom. The molecular formula is C19H21N5O3. The van der Waals surface area contributed by atoms with Gasteiger partial charge in [0.1, 0.15) is 11.5 Å². The third-order valence-electron chi connectivity index (χ3n) is 5.01. The van der Waals surface area contributed by atoms with Gasteiger partial charge in [0.2, 0.25) is 0 Å². The highest BCUT2D eigenvalue weighted by Crippen LogP contribution is 2.29. The monoisotopic (exact) mass is 367 g/mol. The van der Waals surface area contributed by atoms with Gasteiger partial charge in [0.25, 0.3) is 5.56 Å². The summed E-state index contributed by atoms with van der Waals surface area (Å²) in [7, 11) is 1.40. The molecule has 1 atom stereocenters. The molecule has 0 saturated heterocycles. The maximum Gasteiger partial charge on any atom is 0.310 e. The van der Waals surface area contributed by atoms with Gasteiger partial charge in [0.05, 0.1) is 24.5 Å². The Balaban J connectivity index is 1.92. The van der Waals surface area contributed by atoms with E-state index in [1.807, 2.05) is 36.6 Å². The SMILES string of the molecule is COC(=O)C1CCc2nnc(-c3nn(C(C)C)c(=O)c4ccccc34)n2C1. The molecule has 1 aliphatic rings. The first-order valence-corrected chi connectivity index (χ1v) is 9.03. The first kappa shape index (κ1) is 17.4. The van der Waals surface area contributed by atoms with Crippen molar-refractivity contribution in [3.05, 3.63) is 40.4 Å². The molecule has 8 nitrogen and oxygen atoms in total. The Morgan fingerprint density at radius 3 is 2.67 bits per heavy atom. The van der Waals surface area contributed by atoms with Crippen LogP contribution < -0.4 is 5.56 Å². The van der Waals surface area contributed by atoms with E-state index in [1.165, 1.54) is 11.8 Å². The first-order valence-electron chi connectivity index (χ1n) is 9.03. The van der Waals surface area contributed by atoms with Crippen molar-refractivity contribution in [1.82, 2.24) is 24.5 Å². The molecule has 3 aromatic rings. The molecule has 0 fully saturated rings. The number of hydrogen-bond donors (Lipinski definition) is 0. The quantitative estimate of drug-likeness (QED) is 0.657. The molecule has 1 aliphatic heterocycles. The average Bonchev–Trinajstić information content (AvgIpc) is 3.10. The summed E-state index contributed by atoms with van der Waals surface area (Å²) in [6, 6.07) is 7.29. The fourth-order valence-electron chi connectivity index (χ4n) is 3.58. The minimum Gasteiger partial charge on any atom is -0.469 e. The normalized spacial score (nSPS) is 16.5. The Morgan fingerprint density at radius 2 is 1.96 bits per heavy atom. The summed E-state index contributed by atoms with van der Waals surface area (Å²) in [5.74, 6) is 0.923. The van der Waals surface area contributed by atoms with Gasteiger partial charge in [-0.1, -0.05) is 18.2 Å². The molecule has 0 saturated carbocycles. The Hall–Kier alpha value is -3.03. The van der Waals surface area contributed by atoms with E-state index >= 15 is 0 Å². The highest BCUT2D eigenvalue weighted by Gasteiger charge is 2.30. The van der Waals surface area contributed by atoms with Crippen LogP contribution in [-0.4, -0.2) is 37.6 Å². The fourth-order valence-corrected chi connectivity index (χ4v) is 3.58. The maximum absolute atomic E-state index is 12.8. The smallest absolute Gasteiger partial charge is 0.310 e. The number of aryl methyl sites for hydroxylation is 1. The molecule has 0 radical (unpaired) electrons. The molecule has 0 N–H and O–H groups in total. The highest BCUT2D eigenvalue weighted by molar-refractivity contribution is 5.92. The predicted molar refractivity (Wildman–Crippen MR) is 99.2 cm³/mol. The topological polar surface area (TPSA) is 91.9 Å². The number of carbonyl (C=O) groups is 1. The summed E-state index contributed by atoms with van der Waals surface area (Å²) in [6.07, 6.45) is 1.33. The zero-order valence-electron chi connectivity index (χ0n) is 15.5. The van der Waals surface area contributed by atoms with E-state index < -0.39 is 0 Å². The second kappa shape index (κ2) is 6.61. The molecule has 1 aromatic carbocycles. The molecule has 27 heavy (non-hydrogen) atoms. The maximum atomic E-state index is 12.8. The third kappa shape index (κ3) is 2.81. The van der Waals surface area contributed by atoms with Crippen LogP contribution in [0.5, 0.6) is 0 Å². The van der Waals surface area contributed by atoms with Crippen LogP contribution in [-0.2, 0) is 22.5 Å². The summed E-state index contributed by atoms with van der Waals surface area (Å²) in [6.45, 7) is 4.28. The van der Waals surface area contributed by atoms with Gasteiger partial charge in [0, 0.05) is 18.4 Å². The van der Waals surface area contributed by atoms with E-state index in [2.05, 4.69) is 15.3 Å². The van der Waals surface area contributed by atoms with Gasteiger partial charge in [0.15, 0.2) is 5.82 Å². The lowest BCUT2D eigenvalue weighted by molar-refractivity contribution is -0.146. The van der Waals surface area contributed by atoms with Gasteiger partial charge < -0.3 is 9.30 Å². The van der Waals surface area contributed by atoms with E-state index in [0.717, 1.165) is 11.2 Å². The van der Waals surface area contributed by atoms with Crippen LogP contribution in [0.1, 0.15) is 32.1 Å². The van der Waals surface area contributed by atoms with Crippen molar-refractivity contribution in [3.8, 4) is 11.5 Å². The lowest BCUT2D eigenvalue weighted by Gasteiger charge is -2.22. The zero-order chi connectivity index (χ0) is 19.1. The summed E-state index contributed by atoms with van der Waals surface area (Å²) >= 11 is 0. The second-order valence-corrected chi connectivity index (χ2v) is 7.05. The van der Waals surface area contributed by atoms with E-state index in [9.17, 15) is 9.59 Å². The predicted octanol–water partition coefficient (Wildman–Crippen LogP) is 1.97. The van der Waals surface area contributed by atoms with Gasteiger partial charge >= 0.3 is 5.97 Å². The van der Waals surface area contributed by atoms with Crippen molar-refractivity contribution in [1.29, 1.82) is 0 Å². The number of nitrogens with zero attached hydrogens (tertiary/aromatic N) is 5. The number of aromatic nitrogens is 5. The van der Waals surface area contributed by atoms with Gasteiger partial charge in [-0.25, -0.2) is 4.68 Å². The molecule has 4 rings (SSSR count). The number of fused-ring (bicyclic) bond motifs is 2. The number of methoxy groups -OCH3 is 1. The molecule has 3 heterocycles. The van der Waals surface area contributed by atoms with E-state index in [4.69, 9.17) is 4.74 Å². The van der Waals surface area contributed by atoms with Crippen molar-refractivity contribution in [2.24, 2.45) is 5.92 Å². The van der Waals surface area contributed by atoms with Gasteiger partial charge in [-0.05, 0) is 26.3 Å². The number of ether oxygens (including phenoxy) is 1. The number of benzene rings is 1. The van der Waals surface area contributed by atoms with E-state index in [-0.39, 0.29) is 23.5 Å². The minimum atomic E-state index is -0.237. The average molecular weight is 367 g/mol. The second-order valence-electron chi connectivity index (χ2n) is 7.05. The first-order chi connectivity index (χ1) is 13.0.